The minimum atomic E-state index is 0.665. The third-order valence-electron chi connectivity index (χ3n) is 5.13. The molecule has 2 heterocycles. The Bertz CT molecular complexity index is 938. The highest BCUT2D eigenvalue weighted by atomic mass is 16.5. The Morgan fingerprint density at radius 3 is 2.45 bits per heavy atom. The second kappa shape index (κ2) is 8.77. The van der Waals surface area contributed by atoms with Crippen molar-refractivity contribution in [3.63, 3.8) is 0 Å². The van der Waals surface area contributed by atoms with Crippen LogP contribution in [0.25, 0.3) is 0 Å². The standard InChI is InChI=1S/C22H26N6O/c1-17-7-9-18(10-8-17)15-23-21-16-24-26-22(25-21)28-13-11-27(12-14-28)19-5-3-4-6-20(19)29-2/h3-10,16H,11-15H2,1-2H3,(H,23,25,26). The molecule has 7 heteroatoms. The average molecular weight is 390 g/mol. The van der Waals surface area contributed by atoms with E-state index in [2.05, 4.69) is 67.6 Å². The Hall–Kier alpha value is -3.35. The van der Waals surface area contributed by atoms with Gasteiger partial charge in [-0.15, -0.1) is 5.10 Å². The highest BCUT2D eigenvalue weighted by Gasteiger charge is 2.21. The summed E-state index contributed by atoms with van der Waals surface area (Å²) >= 11 is 0. The number of rotatable bonds is 6. The Labute approximate surface area is 171 Å². The van der Waals surface area contributed by atoms with Gasteiger partial charge in [-0.25, -0.2) is 0 Å². The van der Waals surface area contributed by atoms with Gasteiger partial charge >= 0.3 is 0 Å². The third kappa shape index (κ3) is 4.56. The smallest absolute Gasteiger partial charge is 0.247 e. The first-order valence-corrected chi connectivity index (χ1v) is 9.85. The fourth-order valence-corrected chi connectivity index (χ4v) is 3.45. The summed E-state index contributed by atoms with van der Waals surface area (Å²) in [5.74, 6) is 2.31. The lowest BCUT2D eigenvalue weighted by molar-refractivity contribution is 0.413. The number of benzene rings is 2. The zero-order chi connectivity index (χ0) is 20.1. The number of ether oxygens (including phenoxy) is 1. The molecule has 1 saturated heterocycles. The van der Waals surface area contributed by atoms with Crippen LogP contribution in [0.2, 0.25) is 0 Å². The lowest BCUT2D eigenvalue weighted by Crippen LogP contribution is -2.47. The number of hydrogen-bond acceptors (Lipinski definition) is 7. The molecule has 29 heavy (non-hydrogen) atoms. The first kappa shape index (κ1) is 19.0. The number of nitrogens with one attached hydrogen (secondary N) is 1. The van der Waals surface area contributed by atoms with Gasteiger partial charge in [0.2, 0.25) is 5.95 Å². The number of para-hydroxylation sites is 2. The maximum absolute atomic E-state index is 5.50. The average Bonchev–Trinajstić information content (AvgIpc) is 2.79. The van der Waals surface area contributed by atoms with Gasteiger partial charge in [-0.05, 0) is 24.6 Å². The van der Waals surface area contributed by atoms with E-state index in [9.17, 15) is 0 Å². The predicted octanol–water partition coefficient (Wildman–Crippen LogP) is 3.13. The van der Waals surface area contributed by atoms with Crippen molar-refractivity contribution < 1.29 is 4.74 Å². The number of nitrogens with zero attached hydrogens (tertiary/aromatic N) is 5. The lowest BCUT2D eigenvalue weighted by atomic mass is 10.1. The van der Waals surface area contributed by atoms with E-state index < -0.39 is 0 Å². The van der Waals surface area contributed by atoms with Crippen LogP contribution >= 0.6 is 0 Å². The fraction of sp³-hybridized carbons (Fsp3) is 0.318. The predicted molar refractivity (Wildman–Crippen MR) is 116 cm³/mol. The largest absolute Gasteiger partial charge is 0.495 e. The van der Waals surface area contributed by atoms with Crippen molar-refractivity contribution in [3.05, 3.63) is 65.9 Å². The number of anilines is 3. The zero-order valence-corrected chi connectivity index (χ0v) is 16.9. The van der Waals surface area contributed by atoms with E-state index in [-0.39, 0.29) is 0 Å². The Morgan fingerprint density at radius 1 is 0.966 bits per heavy atom. The van der Waals surface area contributed by atoms with Crippen LogP contribution in [0.3, 0.4) is 0 Å². The summed E-state index contributed by atoms with van der Waals surface area (Å²) < 4.78 is 5.50. The van der Waals surface area contributed by atoms with Crippen LogP contribution in [-0.2, 0) is 6.54 Å². The summed E-state index contributed by atoms with van der Waals surface area (Å²) in [6.45, 7) is 6.23. The molecule has 0 unspecified atom stereocenters. The van der Waals surface area contributed by atoms with Gasteiger partial charge in [-0.1, -0.05) is 42.0 Å². The van der Waals surface area contributed by atoms with Crippen LogP contribution in [0.1, 0.15) is 11.1 Å². The van der Waals surface area contributed by atoms with Crippen LogP contribution in [0, 0.1) is 6.92 Å². The summed E-state index contributed by atoms with van der Waals surface area (Å²) in [7, 11) is 1.71. The third-order valence-corrected chi connectivity index (χ3v) is 5.13. The molecule has 0 amide bonds. The lowest BCUT2D eigenvalue weighted by Gasteiger charge is -2.36. The van der Waals surface area contributed by atoms with Crippen molar-refractivity contribution in [2.24, 2.45) is 0 Å². The SMILES string of the molecule is COc1ccccc1N1CCN(c2nncc(NCc3ccc(C)cc3)n2)CC1. The van der Waals surface area contributed by atoms with Crippen LogP contribution in [0.15, 0.2) is 54.7 Å². The van der Waals surface area contributed by atoms with Crippen LogP contribution in [0.4, 0.5) is 17.5 Å². The van der Waals surface area contributed by atoms with Gasteiger partial charge in [0, 0.05) is 32.7 Å². The molecular formula is C22H26N6O. The summed E-state index contributed by atoms with van der Waals surface area (Å²) in [6, 6.07) is 16.6. The Balaban J connectivity index is 1.37. The van der Waals surface area contributed by atoms with Crippen molar-refractivity contribution in [2.75, 3.05) is 48.4 Å². The van der Waals surface area contributed by atoms with Crippen LogP contribution < -0.4 is 19.9 Å². The van der Waals surface area contributed by atoms with Crippen LogP contribution in [-0.4, -0.2) is 48.5 Å². The monoisotopic (exact) mass is 390 g/mol. The number of aromatic nitrogens is 3. The van der Waals surface area contributed by atoms with E-state index in [0.29, 0.717) is 12.5 Å². The molecule has 0 bridgehead atoms. The van der Waals surface area contributed by atoms with Gasteiger partial charge in [0.05, 0.1) is 19.0 Å². The van der Waals surface area contributed by atoms with E-state index in [1.165, 1.54) is 11.1 Å². The molecule has 4 rings (SSSR count). The van der Waals surface area contributed by atoms with Gasteiger partial charge in [0.25, 0.3) is 0 Å². The second-order valence-electron chi connectivity index (χ2n) is 7.13. The molecule has 7 nitrogen and oxygen atoms in total. The van der Waals surface area contributed by atoms with E-state index in [4.69, 9.17) is 4.74 Å². The highest BCUT2D eigenvalue weighted by Crippen LogP contribution is 2.28. The number of hydrogen-bond donors (Lipinski definition) is 1. The number of piperazine rings is 1. The van der Waals surface area contributed by atoms with Gasteiger partial charge < -0.3 is 19.9 Å². The van der Waals surface area contributed by atoms with Crippen molar-refractivity contribution in [2.45, 2.75) is 13.5 Å². The molecular weight excluding hydrogens is 364 g/mol. The quantitative estimate of drug-likeness (QED) is 0.694. The molecule has 3 aromatic rings. The summed E-state index contributed by atoms with van der Waals surface area (Å²) in [6.07, 6.45) is 1.67. The molecule has 1 aliphatic heterocycles. The number of aryl methyl sites for hydroxylation is 1. The molecule has 1 fully saturated rings. The molecule has 1 N–H and O–H groups in total. The first-order chi connectivity index (χ1) is 14.2. The molecule has 1 aliphatic rings. The molecule has 0 spiro atoms. The highest BCUT2D eigenvalue weighted by molar-refractivity contribution is 5.59. The van der Waals surface area contributed by atoms with Gasteiger partial charge in [-0.3, -0.25) is 0 Å². The summed E-state index contributed by atoms with van der Waals surface area (Å²) in [5.41, 5.74) is 3.59. The molecule has 150 valence electrons. The number of methoxy groups -OCH3 is 1. The van der Waals surface area contributed by atoms with Crippen molar-refractivity contribution in [1.29, 1.82) is 0 Å². The second-order valence-corrected chi connectivity index (χ2v) is 7.13. The minimum Gasteiger partial charge on any atom is -0.495 e. The van der Waals surface area contributed by atoms with Crippen LogP contribution in [0.5, 0.6) is 5.75 Å². The van der Waals surface area contributed by atoms with E-state index in [1.807, 2.05) is 18.2 Å². The maximum Gasteiger partial charge on any atom is 0.247 e. The molecule has 1 aromatic heterocycles. The normalized spacial score (nSPS) is 14.0. The van der Waals surface area contributed by atoms with Crippen molar-refractivity contribution in [3.8, 4) is 5.75 Å². The summed E-state index contributed by atoms with van der Waals surface area (Å²) in [5, 5.41) is 11.7. The van der Waals surface area contributed by atoms with E-state index in [0.717, 1.165) is 43.4 Å². The molecule has 0 atom stereocenters. The molecule has 0 radical (unpaired) electrons. The molecule has 0 aliphatic carbocycles. The van der Waals surface area contributed by atoms with E-state index >= 15 is 0 Å². The molecule has 2 aromatic carbocycles. The fourth-order valence-electron chi connectivity index (χ4n) is 3.45. The van der Waals surface area contributed by atoms with Crippen molar-refractivity contribution >= 4 is 17.5 Å². The van der Waals surface area contributed by atoms with Crippen molar-refractivity contribution in [1.82, 2.24) is 15.2 Å². The van der Waals surface area contributed by atoms with Gasteiger partial charge in [0.1, 0.15) is 5.75 Å². The Morgan fingerprint density at radius 2 is 1.69 bits per heavy atom. The minimum absolute atomic E-state index is 0.665. The molecule has 0 saturated carbocycles. The maximum atomic E-state index is 5.50. The van der Waals surface area contributed by atoms with Gasteiger partial charge in [0.15, 0.2) is 5.82 Å². The first-order valence-electron chi connectivity index (χ1n) is 9.85. The topological polar surface area (TPSA) is 66.4 Å². The summed E-state index contributed by atoms with van der Waals surface area (Å²) in [4.78, 5) is 9.17. The van der Waals surface area contributed by atoms with Gasteiger partial charge in [-0.2, -0.15) is 10.1 Å². The zero-order valence-electron chi connectivity index (χ0n) is 16.9. The van der Waals surface area contributed by atoms with E-state index in [1.54, 1.807) is 13.3 Å². The Kier molecular flexibility index (Phi) is 5.74.